The summed E-state index contributed by atoms with van der Waals surface area (Å²) < 4.78 is 5.53. The topological polar surface area (TPSA) is 95.9 Å². The number of unbranched alkanes of at least 4 members (excludes halogenated alkanes) is 73. The van der Waals surface area contributed by atoms with Crippen LogP contribution in [0.5, 0.6) is 0 Å². The normalized spacial score (nSPS) is 12.4. The molecule has 0 aromatic carbocycles. The van der Waals surface area contributed by atoms with Crippen molar-refractivity contribution in [1.29, 1.82) is 0 Å². The van der Waals surface area contributed by atoms with Gasteiger partial charge in [0.05, 0.1) is 25.4 Å². The van der Waals surface area contributed by atoms with Crippen LogP contribution in [0, 0.1) is 0 Å². The Morgan fingerprint density at radius 1 is 0.281 bits per heavy atom. The third-order valence-corrected chi connectivity index (χ3v) is 21.6. The smallest absolute Gasteiger partial charge is 0.305 e. The van der Waals surface area contributed by atoms with Gasteiger partial charge in [-0.3, -0.25) is 9.59 Å². The molecule has 0 aromatic heterocycles. The lowest BCUT2D eigenvalue weighted by Gasteiger charge is -2.22. The van der Waals surface area contributed by atoms with E-state index in [4.69, 9.17) is 4.74 Å². The molecule has 1 amide bonds. The van der Waals surface area contributed by atoms with E-state index < -0.39 is 12.1 Å². The summed E-state index contributed by atoms with van der Waals surface area (Å²) in [6.07, 6.45) is 111. The number of hydrogen-bond donors (Lipinski definition) is 3. The molecule has 0 rings (SSSR count). The number of amides is 1. The summed E-state index contributed by atoms with van der Waals surface area (Å²) in [5, 5.41) is 23.5. The van der Waals surface area contributed by atoms with Crippen molar-refractivity contribution >= 4 is 11.9 Å². The number of esters is 1. The molecule has 0 aliphatic rings. The van der Waals surface area contributed by atoms with Crippen molar-refractivity contribution in [3.05, 3.63) is 12.2 Å². The van der Waals surface area contributed by atoms with Gasteiger partial charge in [0, 0.05) is 12.8 Å². The molecule has 572 valence electrons. The highest BCUT2D eigenvalue weighted by molar-refractivity contribution is 5.76. The Balaban J connectivity index is 3.28. The standard InChI is InChI=1S/C90H177NO5/c1-3-5-7-9-11-13-15-17-19-21-23-43-47-50-54-58-62-66-70-74-78-82-88(93)87(86-92)91-89(94)83-79-75-71-67-63-59-55-51-48-44-41-39-37-35-33-31-29-27-25-24-26-28-30-32-34-36-38-40-42-45-49-53-57-61-65-69-73-77-81-85-96-90(95)84-80-76-72-68-64-60-56-52-46-22-20-18-16-14-12-10-8-6-4-2/h18,20,87-88,92-93H,3-17,19,21-86H2,1-2H3,(H,91,94)/b20-18-. The van der Waals surface area contributed by atoms with Gasteiger partial charge in [-0.05, 0) is 51.4 Å². The number of aliphatic hydroxyl groups excluding tert-OH is 2. The molecule has 0 saturated heterocycles. The first-order valence-electron chi connectivity index (χ1n) is 44.9. The Morgan fingerprint density at radius 3 is 0.740 bits per heavy atom. The van der Waals surface area contributed by atoms with E-state index >= 15 is 0 Å². The molecule has 0 spiro atoms. The van der Waals surface area contributed by atoms with Crippen molar-refractivity contribution < 1.29 is 24.5 Å². The Morgan fingerprint density at radius 2 is 0.490 bits per heavy atom. The zero-order valence-electron chi connectivity index (χ0n) is 65.9. The number of ether oxygens (including phenoxy) is 1. The zero-order valence-corrected chi connectivity index (χ0v) is 65.9. The lowest BCUT2D eigenvalue weighted by atomic mass is 10.0. The molecule has 0 fully saturated rings. The van der Waals surface area contributed by atoms with Crippen molar-refractivity contribution in [3.63, 3.8) is 0 Å². The largest absolute Gasteiger partial charge is 0.466 e. The summed E-state index contributed by atoms with van der Waals surface area (Å²) in [5.41, 5.74) is 0. The van der Waals surface area contributed by atoms with E-state index in [1.165, 1.54) is 456 Å². The van der Waals surface area contributed by atoms with Gasteiger partial charge in [-0.2, -0.15) is 0 Å². The SMILES string of the molecule is CCCCCCCC/C=C\CCCCCCCCCCCC(=O)OCCCCCCCCCCCCCCCCCCCCCCCCCCCCCCCCCCCCCCCCCC(=O)NC(CO)C(O)CCCCCCCCCCCCCCCCCCCCCCC. The monoisotopic (exact) mass is 1350 g/mol. The fourth-order valence-corrected chi connectivity index (χ4v) is 14.8. The maximum atomic E-state index is 12.6. The maximum Gasteiger partial charge on any atom is 0.305 e. The third-order valence-electron chi connectivity index (χ3n) is 21.6. The summed E-state index contributed by atoms with van der Waals surface area (Å²) in [7, 11) is 0. The molecule has 0 saturated carbocycles. The van der Waals surface area contributed by atoms with Crippen molar-refractivity contribution in [3.8, 4) is 0 Å². The van der Waals surface area contributed by atoms with Gasteiger partial charge in [0.15, 0.2) is 0 Å². The first kappa shape index (κ1) is 94.6. The van der Waals surface area contributed by atoms with E-state index in [-0.39, 0.29) is 18.5 Å². The van der Waals surface area contributed by atoms with Gasteiger partial charge in [-0.25, -0.2) is 0 Å². The first-order chi connectivity index (χ1) is 47.5. The Labute approximate surface area is 603 Å². The van der Waals surface area contributed by atoms with Crippen molar-refractivity contribution in [2.75, 3.05) is 13.2 Å². The number of aliphatic hydroxyl groups is 2. The van der Waals surface area contributed by atoms with Gasteiger partial charge in [0.2, 0.25) is 5.91 Å². The molecule has 0 heterocycles. The van der Waals surface area contributed by atoms with Crippen LogP contribution in [0.1, 0.15) is 528 Å². The van der Waals surface area contributed by atoms with Crippen LogP contribution in [0.3, 0.4) is 0 Å². The fourth-order valence-electron chi connectivity index (χ4n) is 14.8. The highest BCUT2D eigenvalue weighted by Crippen LogP contribution is 2.22. The molecular weight excluding hydrogens is 1170 g/mol. The summed E-state index contributed by atoms with van der Waals surface area (Å²) in [6, 6.07) is -0.537. The second-order valence-corrected chi connectivity index (χ2v) is 31.3. The molecule has 2 atom stereocenters. The zero-order chi connectivity index (χ0) is 69.1. The molecule has 0 radical (unpaired) electrons. The van der Waals surface area contributed by atoms with E-state index in [1.54, 1.807) is 0 Å². The molecule has 6 heteroatoms. The van der Waals surface area contributed by atoms with Crippen LogP contribution in [0.25, 0.3) is 0 Å². The average Bonchev–Trinajstić information content (AvgIpc) is 3.22. The number of rotatable bonds is 86. The summed E-state index contributed by atoms with van der Waals surface area (Å²) in [4.78, 5) is 24.7. The van der Waals surface area contributed by atoms with Gasteiger partial charge in [-0.1, -0.05) is 475 Å². The van der Waals surface area contributed by atoms with Crippen LogP contribution in [-0.2, 0) is 14.3 Å². The van der Waals surface area contributed by atoms with Crippen LogP contribution in [0.15, 0.2) is 12.2 Å². The first-order valence-corrected chi connectivity index (χ1v) is 44.9. The Bertz CT molecular complexity index is 1470. The van der Waals surface area contributed by atoms with Crippen LogP contribution < -0.4 is 5.32 Å². The predicted molar refractivity (Wildman–Crippen MR) is 426 cm³/mol. The molecule has 6 nitrogen and oxygen atoms in total. The van der Waals surface area contributed by atoms with Gasteiger partial charge in [0.25, 0.3) is 0 Å². The van der Waals surface area contributed by atoms with E-state index in [9.17, 15) is 19.8 Å². The molecule has 0 aromatic rings. The molecule has 0 bridgehead atoms. The minimum atomic E-state index is -0.661. The fraction of sp³-hybridized carbons (Fsp3) is 0.956. The van der Waals surface area contributed by atoms with Crippen LogP contribution in [-0.4, -0.2) is 47.4 Å². The second-order valence-electron chi connectivity index (χ2n) is 31.3. The minimum Gasteiger partial charge on any atom is -0.466 e. The van der Waals surface area contributed by atoms with E-state index in [0.29, 0.717) is 25.9 Å². The molecular formula is C90H177NO5. The summed E-state index contributed by atoms with van der Waals surface area (Å²) in [6.45, 7) is 5.02. The highest BCUT2D eigenvalue weighted by Gasteiger charge is 2.20. The summed E-state index contributed by atoms with van der Waals surface area (Å²) in [5.74, 6) is 0.00262. The third kappa shape index (κ3) is 81.6. The molecule has 3 N–H and O–H groups in total. The number of carbonyl (C=O) groups excluding carboxylic acids is 2. The number of allylic oxidation sites excluding steroid dienone is 2. The quantitative estimate of drug-likeness (QED) is 0.0320. The molecule has 2 unspecified atom stereocenters. The highest BCUT2D eigenvalue weighted by atomic mass is 16.5. The maximum absolute atomic E-state index is 12.6. The van der Waals surface area contributed by atoms with Crippen LogP contribution in [0.4, 0.5) is 0 Å². The molecule has 0 aliphatic carbocycles. The second kappa shape index (κ2) is 86.0. The molecule has 0 aliphatic heterocycles. The average molecular weight is 1350 g/mol. The van der Waals surface area contributed by atoms with Crippen LogP contribution in [0.2, 0.25) is 0 Å². The van der Waals surface area contributed by atoms with Crippen molar-refractivity contribution in [2.24, 2.45) is 0 Å². The number of carbonyl (C=O) groups is 2. The van der Waals surface area contributed by atoms with Crippen molar-refractivity contribution in [1.82, 2.24) is 5.32 Å². The van der Waals surface area contributed by atoms with E-state index in [0.717, 1.165) is 38.5 Å². The Hall–Kier alpha value is -1.40. The van der Waals surface area contributed by atoms with Gasteiger partial charge < -0.3 is 20.3 Å². The van der Waals surface area contributed by atoms with Crippen molar-refractivity contribution in [2.45, 2.75) is 540 Å². The lowest BCUT2D eigenvalue weighted by molar-refractivity contribution is -0.143. The Kier molecular flexibility index (Phi) is 84.8. The number of hydrogen-bond acceptors (Lipinski definition) is 5. The summed E-state index contributed by atoms with van der Waals surface area (Å²) >= 11 is 0. The minimum absolute atomic E-state index is 0.0225. The van der Waals surface area contributed by atoms with Gasteiger partial charge >= 0.3 is 5.97 Å². The lowest BCUT2D eigenvalue weighted by Crippen LogP contribution is -2.45. The van der Waals surface area contributed by atoms with E-state index in [1.807, 2.05) is 0 Å². The van der Waals surface area contributed by atoms with Gasteiger partial charge in [-0.15, -0.1) is 0 Å². The molecule has 96 heavy (non-hydrogen) atoms. The predicted octanol–water partition coefficient (Wildman–Crippen LogP) is 30.2. The van der Waals surface area contributed by atoms with E-state index in [2.05, 4.69) is 31.3 Å². The van der Waals surface area contributed by atoms with Crippen LogP contribution >= 0.6 is 0 Å². The van der Waals surface area contributed by atoms with Gasteiger partial charge in [0.1, 0.15) is 0 Å². The number of nitrogens with one attached hydrogen (secondary N) is 1.